The topological polar surface area (TPSA) is 151 Å². The molecule has 4 aromatic rings. The molecule has 1 unspecified atom stereocenters. The SMILES string of the molecule is Cc1ccc(COP(=O)(COCCn2cnc3c(=O)[nH]c(N)nc32)OCC(=O)c2ccc(C)cc2)cc1. The Kier molecular flexibility index (Phi) is 8.30. The standard InChI is InChI=1S/C25H28N5O6P/c1-17-3-7-19(8-4-17)13-35-37(33,36-14-21(31)20-9-5-18(2)6-10-20)16-34-12-11-30-15-27-22-23(30)28-25(26)29-24(22)32/h3-10,15H,11-14,16H2,1-2H3,(H3,26,28,29,32). The van der Waals surface area contributed by atoms with Crippen LogP contribution >= 0.6 is 7.60 Å². The zero-order chi connectivity index (χ0) is 26.4. The number of nitrogens with two attached hydrogens (primary N) is 1. The Morgan fingerprint density at radius 1 is 1.05 bits per heavy atom. The Morgan fingerprint density at radius 2 is 1.73 bits per heavy atom. The van der Waals surface area contributed by atoms with Crippen molar-refractivity contribution >= 4 is 30.5 Å². The molecule has 0 aliphatic carbocycles. The largest absolute Gasteiger partial charge is 0.369 e. The Balaban J connectivity index is 1.39. The molecule has 11 nitrogen and oxygen atoms in total. The Labute approximate surface area is 213 Å². The van der Waals surface area contributed by atoms with Crippen molar-refractivity contribution in [1.29, 1.82) is 0 Å². The van der Waals surface area contributed by atoms with E-state index in [0.29, 0.717) is 11.2 Å². The molecule has 2 heterocycles. The number of aromatic amines is 1. The Morgan fingerprint density at radius 3 is 2.43 bits per heavy atom. The van der Waals surface area contributed by atoms with Crippen molar-refractivity contribution in [2.24, 2.45) is 0 Å². The van der Waals surface area contributed by atoms with Crippen LogP contribution < -0.4 is 11.3 Å². The minimum absolute atomic E-state index is 0.0256. The number of rotatable bonds is 12. The predicted molar refractivity (Wildman–Crippen MR) is 138 cm³/mol. The van der Waals surface area contributed by atoms with Crippen molar-refractivity contribution in [2.75, 3.05) is 25.3 Å². The smallest absolute Gasteiger partial charge is 0.356 e. The number of fused-ring (bicyclic) bond motifs is 1. The maximum atomic E-state index is 13.5. The zero-order valence-corrected chi connectivity index (χ0v) is 21.4. The van der Waals surface area contributed by atoms with E-state index in [9.17, 15) is 14.2 Å². The van der Waals surface area contributed by atoms with Crippen LogP contribution in [0.3, 0.4) is 0 Å². The molecular formula is C25H28N5O6P. The molecule has 194 valence electrons. The number of hydrogen-bond donors (Lipinski definition) is 2. The van der Waals surface area contributed by atoms with Crippen LogP contribution in [0, 0.1) is 13.8 Å². The average molecular weight is 526 g/mol. The van der Waals surface area contributed by atoms with Crippen LogP contribution in [0.1, 0.15) is 27.0 Å². The molecule has 0 saturated heterocycles. The monoisotopic (exact) mass is 525 g/mol. The number of nitrogen functional groups attached to an aromatic ring is 1. The number of aromatic nitrogens is 4. The lowest BCUT2D eigenvalue weighted by atomic mass is 10.1. The van der Waals surface area contributed by atoms with E-state index in [1.165, 1.54) is 6.33 Å². The number of aryl methyl sites for hydroxylation is 2. The van der Waals surface area contributed by atoms with Gasteiger partial charge in [0.25, 0.3) is 5.56 Å². The summed E-state index contributed by atoms with van der Waals surface area (Å²) in [6, 6.07) is 14.6. The highest BCUT2D eigenvalue weighted by atomic mass is 31.2. The number of ketones is 1. The molecule has 2 aromatic carbocycles. The lowest BCUT2D eigenvalue weighted by Crippen LogP contribution is -2.14. The van der Waals surface area contributed by atoms with Crippen LogP contribution in [0.2, 0.25) is 0 Å². The highest BCUT2D eigenvalue weighted by Gasteiger charge is 2.27. The molecule has 0 bridgehead atoms. The van der Waals surface area contributed by atoms with E-state index in [2.05, 4.69) is 15.0 Å². The summed E-state index contributed by atoms with van der Waals surface area (Å²) in [5.74, 6) is -0.348. The minimum Gasteiger partial charge on any atom is -0.369 e. The number of nitrogens with one attached hydrogen (secondary N) is 1. The van der Waals surface area contributed by atoms with E-state index in [-0.39, 0.29) is 43.4 Å². The summed E-state index contributed by atoms with van der Waals surface area (Å²) < 4.78 is 31.9. The third kappa shape index (κ3) is 6.99. The third-order valence-corrected chi connectivity index (χ3v) is 7.08. The first-order valence-corrected chi connectivity index (χ1v) is 13.3. The van der Waals surface area contributed by atoms with Crippen molar-refractivity contribution in [3.63, 3.8) is 0 Å². The number of benzene rings is 2. The van der Waals surface area contributed by atoms with Crippen LogP contribution in [-0.2, 0) is 31.5 Å². The van der Waals surface area contributed by atoms with Gasteiger partial charge in [-0.05, 0) is 19.4 Å². The summed E-state index contributed by atoms with van der Waals surface area (Å²) >= 11 is 0. The molecule has 0 saturated carbocycles. The molecule has 0 aliphatic rings. The van der Waals surface area contributed by atoms with E-state index in [0.717, 1.165) is 16.7 Å². The van der Waals surface area contributed by atoms with Crippen LogP contribution in [-0.4, -0.2) is 44.9 Å². The van der Waals surface area contributed by atoms with Crippen molar-refractivity contribution in [1.82, 2.24) is 19.5 Å². The van der Waals surface area contributed by atoms with E-state index >= 15 is 0 Å². The van der Waals surface area contributed by atoms with E-state index in [1.54, 1.807) is 16.7 Å². The Bertz CT molecular complexity index is 1480. The second-order valence-corrected chi connectivity index (χ2v) is 10.5. The van der Waals surface area contributed by atoms with Crippen molar-refractivity contribution < 1.29 is 23.1 Å². The number of nitrogens with zero attached hydrogens (tertiary/aromatic N) is 3. The number of anilines is 1. The van der Waals surface area contributed by atoms with Crippen LogP contribution in [0.25, 0.3) is 11.2 Å². The Hall–Kier alpha value is -3.63. The van der Waals surface area contributed by atoms with Crippen molar-refractivity contribution in [3.8, 4) is 0 Å². The van der Waals surface area contributed by atoms with Gasteiger partial charge < -0.3 is 19.6 Å². The summed E-state index contributed by atoms with van der Waals surface area (Å²) in [5, 5.41) is 0. The number of imidazole rings is 1. The molecule has 12 heteroatoms. The number of carbonyl (C=O) groups is 1. The molecule has 2 aromatic heterocycles. The summed E-state index contributed by atoms with van der Waals surface area (Å²) in [4.78, 5) is 35.1. The maximum Gasteiger partial charge on any atom is 0.356 e. The van der Waals surface area contributed by atoms with Gasteiger partial charge in [0.15, 0.2) is 16.9 Å². The number of carbonyl (C=O) groups excluding carboxylic acids is 1. The fourth-order valence-electron chi connectivity index (χ4n) is 3.42. The molecule has 37 heavy (non-hydrogen) atoms. The maximum absolute atomic E-state index is 13.5. The number of Topliss-reactive ketones (excluding diaryl/α,β-unsaturated/α-hetero) is 1. The molecule has 0 radical (unpaired) electrons. The molecular weight excluding hydrogens is 497 g/mol. The highest BCUT2D eigenvalue weighted by molar-refractivity contribution is 7.53. The molecule has 0 fully saturated rings. The normalized spacial score (nSPS) is 13.0. The van der Waals surface area contributed by atoms with Crippen molar-refractivity contribution in [3.05, 3.63) is 87.5 Å². The second kappa shape index (κ2) is 11.6. The molecule has 1 atom stereocenters. The summed E-state index contributed by atoms with van der Waals surface area (Å²) in [6.07, 6.45) is 1.07. The van der Waals surface area contributed by atoms with Crippen LogP contribution in [0.15, 0.2) is 59.7 Å². The molecule has 0 aliphatic heterocycles. The molecule has 0 amide bonds. The van der Waals surface area contributed by atoms with Gasteiger partial charge in [-0.15, -0.1) is 0 Å². The summed E-state index contributed by atoms with van der Waals surface area (Å²) in [7, 11) is -3.81. The first kappa shape index (κ1) is 26.4. The summed E-state index contributed by atoms with van der Waals surface area (Å²) in [5.41, 5.74) is 9.00. The lowest BCUT2D eigenvalue weighted by Gasteiger charge is -2.19. The predicted octanol–water partition coefficient (Wildman–Crippen LogP) is 3.60. The van der Waals surface area contributed by atoms with Crippen molar-refractivity contribution in [2.45, 2.75) is 27.0 Å². The number of hydrogen-bond acceptors (Lipinski definition) is 9. The minimum atomic E-state index is -3.81. The number of ether oxygens (including phenoxy) is 1. The van der Waals surface area contributed by atoms with Gasteiger partial charge in [0.1, 0.15) is 13.0 Å². The fourth-order valence-corrected chi connectivity index (χ4v) is 4.66. The van der Waals surface area contributed by atoms with Gasteiger partial charge in [-0.3, -0.25) is 23.7 Å². The van der Waals surface area contributed by atoms with E-state index in [4.69, 9.17) is 19.5 Å². The van der Waals surface area contributed by atoms with Gasteiger partial charge in [0, 0.05) is 12.1 Å². The first-order valence-electron chi connectivity index (χ1n) is 11.5. The molecule has 0 spiro atoms. The summed E-state index contributed by atoms with van der Waals surface area (Å²) in [6.45, 7) is 3.84. The second-order valence-electron chi connectivity index (χ2n) is 8.53. The van der Waals surface area contributed by atoms with Gasteiger partial charge in [0.2, 0.25) is 5.95 Å². The van der Waals surface area contributed by atoms with E-state index < -0.39 is 19.8 Å². The third-order valence-electron chi connectivity index (χ3n) is 5.53. The quantitative estimate of drug-likeness (QED) is 0.161. The first-order chi connectivity index (χ1) is 17.7. The van der Waals surface area contributed by atoms with Gasteiger partial charge in [-0.25, -0.2) is 4.98 Å². The van der Waals surface area contributed by atoms with Gasteiger partial charge >= 0.3 is 7.60 Å². The zero-order valence-electron chi connectivity index (χ0n) is 20.5. The van der Waals surface area contributed by atoms with E-state index in [1.807, 2.05) is 50.2 Å². The average Bonchev–Trinajstić information content (AvgIpc) is 3.28. The van der Waals surface area contributed by atoms with Crippen LogP contribution in [0.5, 0.6) is 0 Å². The van der Waals surface area contributed by atoms with Gasteiger partial charge in [0.05, 0.1) is 19.5 Å². The number of H-pyrrole nitrogens is 1. The fraction of sp³-hybridized carbons (Fsp3) is 0.280. The lowest BCUT2D eigenvalue weighted by molar-refractivity contribution is 0.0855. The van der Waals surface area contributed by atoms with Gasteiger partial charge in [-0.2, -0.15) is 4.98 Å². The molecule has 4 rings (SSSR count). The molecule has 3 N–H and O–H groups in total. The highest BCUT2D eigenvalue weighted by Crippen LogP contribution is 2.49. The van der Waals surface area contributed by atoms with Gasteiger partial charge in [-0.1, -0.05) is 59.7 Å². The van der Waals surface area contributed by atoms with Crippen LogP contribution in [0.4, 0.5) is 5.95 Å².